The number of likely N-dealkylation sites (tertiary alicyclic amines) is 1. The van der Waals surface area contributed by atoms with Gasteiger partial charge in [0.25, 0.3) is 0 Å². The predicted molar refractivity (Wildman–Crippen MR) is 78.2 cm³/mol. The fourth-order valence-corrected chi connectivity index (χ4v) is 4.37. The van der Waals surface area contributed by atoms with Crippen LogP contribution in [0.3, 0.4) is 0 Å². The molecule has 3 rings (SSSR count). The first kappa shape index (κ1) is 15.1. The molecule has 4 nitrogen and oxygen atoms in total. The fourth-order valence-electron chi connectivity index (χ4n) is 4.37. The predicted octanol–water partition coefficient (Wildman–Crippen LogP) is 0.994. The van der Waals surface area contributed by atoms with Crippen molar-refractivity contribution in [2.45, 2.75) is 38.1 Å². The largest absolute Gasteiger partial charge is 0.368 e. The number of fused-ring (bicyclic) bond motifs is 1. The zero-order valence-corrected chi connectivity index (χ0v) is 12.3. The molecule has 0 aromatic carbocycles. The van der Waals surface area contributed by atoms with Crippen molar-refractivity contribution in [2.75, 3.05) is 26.2 Å². The van der Waals surface area contributed by atoms with Crippen LogP contribution in [-0.4, -0.2) is 43.0 Å². The molecule has 2 aliphatic heterocycles. The second-order valence-electron chi connectivity index (χ2n) is 6.35. The molecule has 1 aliphatic carbocycles. The molecule has 0 radical (unpaired) electrons. The molecule has 0 aromatic rings. The average Bonchev–Trinajstić information content (AvgIpc) is 2.89. The summed E-state index contributed by atoms with van der Waals surface area (Å²) in [6.45, 7) is 4.46. The Morgan fingerprint density at radius 3 is 2.63 bits per heavy atom. The van der Waals surface area contributed by atoms with Gasteiger partial charge in [-0.05, 0) is 56.5 Å². The molecule has 3 unspecified atom stereocenters. The molecule has 5 heteroatoms. The summed E-state index contributed by atoms with van der Waals surface area (Å²) in [5.41, 5.74) is 5.66. The maximum absolute atomic E-state index is 11.8. The summed E-state index contributed by atoms with van der Waals surface area (Å²) < 4.78 is 0. The molecule has 0 aromatic heterocycles. The van der Waals surface area contributed by atoms with Crippen molar-refractivity contribution < 1.29 is 4.79 Å². The standard InChI is InChI=1S/C14H25N3O.ClH/c15-14(18)13-12-3-1-2-11(12)9-17(13)8-10-4-6-16-7-5-10;/h10-13,16H,1-9H2,(H2,15,18);1H. The number of primary amides is 1. The quantitative estimate of drug-likeness (QED) is 0.814. The van der Waals surface area contributed by atoms with Crippen LogP contribution in [0.2, 0.25) is 0 Å². The third-order valence-corrected chi connectivity index (χ3v) is 5.23. The number of nitrogens with one attached hydrogen (secondary N) is 1. The van der Waals surface area contributed by atoms with Gasteiger partial charge in [-0.15, -0.1) is 12.4 Å². The van der Waals surface area contributed by atoms with Crippen molar-refractivity contribution in [1.82, 2.24) is 10.2 Å². The van der Waals surface area contributed by atoms with Gasteiger partial charge in [0.1, 0.15) is 0 Å². The van der Waals surface area contributed by atoms with Gasteiger partial charge in [-0.25, -0.2) is 0 Å². The number of carbonyl (C=O) groups is 1. The summed E-state index contributed by atoms with van der Waals surface area (Å²) in [4.78, 5) is 14.2. The number of rotatable bonds is 3. The number of piperidine rings is 1. The Morgan fingerprint density at radius 2 is 1.95 bits per heavy atom. The highest BCUT2D eigenvalue weighted by molar-refractivity contribution is 5.85. The summed E-state index contributed by atoms with van der Waals surface area (Å²) in [7, 11) is 0. The van der Waals surface area contributed by atoms with Crippen LogP contribution >= 0.6 is 12.4 Å². The van der Waals surface area contributed by atoms with Crippen LogP contribution in [0.15, 0.2) is 0 Å². The van der Waals surface area contributed by atoms with Crippen molar-refractivity contribution >= 4 is 18.3 Å². The maximum Gasteiger partial charge on any atom is 0.235 e. The third-order valence-electron chi connectivity index (χ3n) is 5.23. The van der Waals surface area contributed by atoms with Crippen LogP contribution in [-0.2, 0) is 4.79 Å². The first-order chi connectivity index (χ1) is 8.75. The molecule has 3 N–H and O–H groups in total. The SMILES string of the molecule is Cl.NC(=O)C1C2CCCC2CN1CC1CCNCC1. The third kappa shape index (κ3) is 3.06. The van der Waals surface area contributed by atoms with E-state index in [0.717, 1.165) is 38.0 Å². The minimum absolute atomic E-state index is 0. The van der Waals surface area contributed by atoms with Crippen LogP contribution in [0.25, 0.3) is 0 Å². The molecule has 19 heavy (non-hydrogen) atoms. The fraction of sp³-hybridized carbons (Fsp3) is 0.929. The summed E-state index contributed by atoms with van der Waals surface area (Å²) in [5, 5.41) is 3.40. The van der Waals surface area contributed by atoms with Gasteiger partial charge in [0.15, 0.2) is 0 Å². The number of halogens is 1. The number of nitrogens with two attached hydrogens (primary N) is 1. The van der Waals surface area contributed by atoms with E-state index in [1.807, 2.05) is 0 Å². The van der Waals surface area contributed by atoms with E-state index >= 15 is 0 Å². The second-order valence-corrected chi connectivity index (χ2v) is 6.35. The van der Waals surface area contributed by atoms with Crippen LogP contribution < -0.4 is 11.1 Å². The Kier molecular flexibility index (Phi) is 5.09. The van der Waals surface area contributed by atoms with Crippen molar-refractivity contribution in [3.63, 3.8) is 0 Å². The number of hydrogen-bond acceptors (Lipinski definition) is 3. The number of nitrogens with zero attached hydrogens (tertiary/aromatic N) is 1. The van der Waals surface area contributed by atoms with E-state index in [2.05, 4.69) is 10.2 Å². The monoisotopic (exact) mass is 287 g/mol. The smallest absolute Gasteiger partial charge is 0.235 e. The second kappa shape index (κ2) is 6.42. The van der Waals surface area contributed by atoms with Crippen LogP contribution in [0.4, 0.5) is 0 Å². The van der Waals surface area contributed by atoms with Gasteiger partial charge in [0.2, 0.25) is 5.91 Å². The van der Waals surface area contributed by atoms with Crippen LogP contribution in [0.5, 0.6) is 0 Å². The maximum atomic E-state index is 11.8. The van der Waals surface area contributed by atoms with Gasteiger partial charge < -0.3 is 11.1 Å². The topological polar surface area (TPSA) is 58.4 Å². The van der Waals surface area contributed by atoms with Gasteiger partial charge in [0, 0.05) is 13.1 Å². The lowest BCUT2D eigenvalue weighted by Gasteiger charge is -2.31. The first-order valence-electron chi connectivity index (χ1n) is 7.50. The van der Waals surface area contributed by atoms with Crippen molar-refractivity contribution in [1.29, 1.82) is 0 Å². The summed E-state index contributed by atoms with van der Waals surface area (Å²) in [5.74, 6) is 1.97. The van der Waals surface area contributed by atoms with Gasteiger partial charge >= 0.3 is 0 Å². The normalized spacial score (nSPS) is 35.9. The Labute approximate surface area is 121 Å². The lowest BCUT2D eigenvalue weighted by Crippen LogP contribution is -2.46. The highest BCUT2D eigenvalue weighted by atomic mass is 35.5. The van der Waals surface area contributed by atoms with E-state index in [1.54, 1.807) is 0 Å². The lowest BCUT2D eigenvalue weighted by molar-refractivity contribution is -0.123. The van der Waals surface area contributed by atoms with Gasteiger partial charge in [-0.2, -0.15) is 0 Å². The Balaban J connectivity index is 0.00000133. The highest BCUT2D eigenvalue weighted by Crippen LogP contribution is 2.42. The van der Waals surface area contributed by atoms with Crippen LogP contribution in [0, 0.1) is 17.8 Å². The summed E-state index contributed by atoms with van der Waals surface area (Å²) in [6, 6.07) is 0.0346. The lowest BCUT2D eigenvalue weighted by atomic mass is 9.93. The van der Waals surface area contributed by atoms with Crippen molar-refractivity contribution in [3.05, 3.63) is 0 Å². The van der Waals surface area contributed by atoms with E-state index in [0.29, 0.717) is 5.92 Å². The molecule has 1 saturated carbocycles. The molecule has 2 saturated heterocycles. The molecule has 2 heterocycles. The van der Waals surface area contributed by atoms with E-state index in [9.17, 15) is 4.79 Å². The minimum atomic E-state index is -0.0849. The molecular formula is C14H26ClN3O. The summed E-state index contributed by atoms with van der Waals surface area (Å²) in [6.07, 6.45) is 6.30. The molecule has 110 valence electrons. The van der Waals surface area contributed by atoms with Crippen molar-refractivity contribution in [3.8, 4) is 0 Å². The Hall–Kier alpha value is -0.320. The number of carbonyl (C=O) groups excluding carboxylic acids is 1. The average molecular weight is 288 g/mol. The highest BCUT2D eigenvalue weighted by Gasteiger charge is 2.46. The zero-order valence-electron chi connectivity index (χ0n) is 11.5. The molecular weight excluding hydrogens is 262 g/mol. The van der Waals surface area contributed by atoms with E-state index in [1.165, 1.54) is 32.1 Å². The van der Waals surface area contributed by atoms with Crippen molar-refractivity contribution in [2.24, 2.45) is 23.5 Å². The van der Waals surface area contributed by atoms with Crippen LogP contribution in [0.1, 0.15) is 32.1 Å². The number of hydrogen-bond donors (Lipinski definition) is 2. The molecule has 1 amide bonds. The van der Waals surface area contributed by atoms with E-state index in [4.69, 9.17) is 5.73 Å². The zero-order chi connectivity index (χ0) is 12.5. The molecule has 3 fully saturated rings. The molecule has 0 bridgehead atoms. The summed E-state index contributed by atoms with van der Waals surface area (Å²) >= 11 is 0. The molecule has 3 atom stereocenters. The van der Waals surface area contributed by atoms with E-state index < -0.39 is 0 Å². The minimum Gasteiger partial charge on any atom is -0.368 e. The molecule has 3 aliphatic rings. The van der Waals surface area contributed by atoms with Gasteiger partial charge in [-0.1, -0.05) is 6.42 Å². The Morgan fingerprint density at radius 1 is 1.21 bits per heavy atom. The van der Waals surface area contributed by atoms with Gasteiger partial charge in [0.05, 0.1) is 6.04 Å². The Bertz CT molecular complexity index is 320. The first-order valence-corrected chi connectivity index (χ1v) is 7.50. The van der Waals surface area contributed by atoms with Gasteiger partial charge in [-0.3, -0.25) is 9.69 Å². The van der Waals surface area contributed by atoms with E-state index in [-0.39, 0.29) is 24.4 Å². The number of amides is 1. The molecule has 0 spiro atoms.